The first-order valence-electron chi connectivity index (χ1n) is 13.9. The fraction of sp³-hybridized carbons (Fsp3) is 0.333. The van der Waals surface area contributed by atoms with E-state index in [2.05, 4.69) is 52.0 Å². The number of aliphatic hydroxyl groups is 1. The van der Waals surface area contributed by atoms with E-state index >= 15 is 0 Å². The average Bonchev–Trinajstić information content (AvgIpc) is 2.90. The van der Waals surface area contributed by atoms with Crippen molar-refractivity contribution in [2.75, 3.05) is 0 Å². The predicted molar refractivity (Wildman–Crippen MR) is 161 cm³/mol. The number of hydrogen-bond acceptors (Lipinski definition) is 1. The second-order valence-corrected chi connectivity index (χ2v) is 11.4. The Morgan fingerprint density at radius 1 is 0.419 bits per heavy atom. The van der Waals surface area contributed by atoms with Crippen molar-refractivity contribution in [1.29, 1.82) is 0 Å². The molecule has 0 aliphatic rings. The number of hydrogen-bond donors (Lipinski definition) is 1. The number of aliphatic hydroxyl groups excluding tert-OH is 1. The molecule has 7 heteroatoms. The first kappa shape index (κ1) is 33.9. The fourth-order valence-electron chi connectivity index (χ4n) is 4.99. The average molecular weight is 601 g/mol. The van der Waals surface area contributed by atoms with Crippen LogP contribution in [-0.2, 0) is 5.41 Å². The Labute approximate surface area is 250 Å². The quantitative estimate of drug-likeness (QED) is 0.231. The third-order valence-corrected chi connectivity index (χ3v) is 8.42. The molecule has 4 aromatic carbocycles. The van der Waals surface area contributed by atoms with Crippen molar-refractivity contribution >= 4 is 0 Å². The largest absolute Gasteiger partial charge is 0.411 e. The van der Waals surface area contributed by atoms with Crippen LogP contribution in [0.3, 0.4) is 0 Å². The zero-order valence-electron chi connectivity index (χ0n) is 25.7. The lowest BCUT2D eigenvalue weighted by atomic mass is 9.71. The van der Waals surface area contributed by atoms with Crippen LogP contribution >= 0.6 is 0 Å². The molecule has 0 aliphatic carbocycles. The van der Waals surface area contributed by atoms with Gasteiger partial charge in [-0.3, -0.25) is 0 Å². The van der Waals surface area contributed by atoms with Crippen LogP contribution < -0.4 is 0 Å². The van der Waals surface area contributed by atoms with E-state index in [0.717, 1.165) is 35.4 Å². The molecule has 1 nitrogen and oxygen atoms in total. The number of alkyl halides is 6. The van der Waals surface area contributed by atoms with E-state index in [1.807, 2.05) is 12.1 Å². The lowest BCUT2D eigenvalue weighted by molar-refractivity contribution is -0.288. The molecule has 0 radical (unpaired) electrons. The van der Waals surface area contributed by atoms with Crippen LogP contribution in [0.1, 0.15) is 72.9 Å². The Bertz CT molecular complexity index is 1480. The topological polar surface area (TPSA) is 20.2 Å². The van der Waals surface area contributed by atoms with Gasteiger partial charge in [0.25, 0.3) is 0 Å². The molecule has 230 valence electrons. The van der Waals surface area contributed by atoms with Gasteiger partial charge in [-0.2, -0.15) is 26.3 Å². The minimum atomic E-state index is -5.55. The van der Waals surface area contributed by atoms with Crippen molar-refractivity contribution in [1.82, 2.24) is 0 Å². The Morgan fingerprint density at radius 2 is 0.698 bits per heavy atom. The summed E-state index contributed by atoms with van der Waals surface area (Å²) in [6.07, 6.45) is -11.6. The van der Waals surface area contributed by atoms with Crippen molar-refractivity contribution in [2.24, 2.45) is 0 Å². The third-order valence-electron chi connectivity index (χ3n) is 8.42. The zero-order chi connectivity index (χ0) is 32.5. The van der Waals surface area contributed by atoms with Gasteiger partial charge in [0.2, 0.25) is 5.41 Å². The van der Waals surface area contributed by atoms with Crippen molar-refractivity contribution in [2.45, 2.75) is 79.3 Å². The van der Waals surface area contributed by atoms with Gasteiger partial charge in [-0.15, -0.1) is 0 Å². The van der Waals surface area contributed by atoms with E-state index in [0.29, 0.717) is 22.3 Å². The second kappa shape index (κ2) is 12.6. The predicted octanol–water partition coefficient (Wildman–Crippen LogP) is 10.3. The summed E-state index contributed by atoms with van der Waals surface area (Å²) < 4.78 is 83.9. The molecule has 0 unspecified atom stereocenters. The lowest BCUT2D eigenvalue weighted by Crippen LogP contribution is -2.54. The Balaban J connectivity index is 0.000000248. The fourth-order valence-corrected chi connectivity index (χ4v) is 4.99. The van der Waals surface area contributed by atoms with Crippen LogP contribution in [0.15, 0.2) is 72.8 Å². The first-order valence-corrected chi connectivity index (χ1v) is 13.9. The molecule has 1 N–H and O–H groups in total. The normalized spacial score (nSPS) is 12.3. The lowest BCUT2D eigenvalue weighted by Gasteiger charge is -2.38. The van der Waals surface area contributed by atoms with E-state index in [9.17, 15) is 31.4 Å². The van der Waals surface area contributed by atoms with E-state index in [1.165, 1.54) is 48.2 Å². The summed E-state index contributed by atoms with van der Waals surface area (Å²) in [6.45, 7) is 14.6. The molecule has 0 aromatic heterocycles. The SMILES string of the molecule is Cc1ccc(C(O)c2ccc(C)c(C)c2)cc1C.Cc1ccc(C(c2ccc(C)c(C)c2)(C(F)(F)F)C(F)(F)F)cc1C. The standard InChI is InChI=1S/C19H18F6.C17H20O/c1-11-5-7-15(9-13(11)3)17(18(20,21)22,19(23,24)25)16-8-6-12(2)14(4)10-16;1-11-5-7-15(9-13(11)3)17(18)16-8-6-12(2)14(4)10-16/h5-10H,1-4H3;5-10,17-18H,1-4H3. The summed E-state index contributed by atoms with van der Waals surface area (Å²) in [4.78, 5) is 0. The molecule has 43 heavy (non-hydrogen) atoms. The van der Waals surface area contributed by atoms with Crippen LogP contribution in [0, 0.1) is 55.4 Å². The number of aryl methyl sites for hydroxylation is 8. The van der Waals surface area contributed by atoms with E-state index < -0.39 is 35.0 Å². The molecular formula is C36H38F6O. The highest BCUT2D eigenvalue weighted by Gasteiger charge is 2.72. The maximum atomic E-state index is 14.0. The molecule has 0 heterocycles. The summed E-state index contributed by atoms with van der Waals surface area (Å²) >= 11 is 0. The molecule has 0 amide bonds. The first-order chi connectivity index (χ1) is 19.8. The summed E-state index contributed by atoms with van der Waals surface area (Å²) in [5.74, 6) is 0. The second-order valence-electron chi connectivity index (χ2n) is 11.4. The van der Waals surface area contributed by atoms with Gasteiger partial charge >= 0.3 is 12.4 Å². The molecule has 0 saturated heterocycles. The van der Waals surface area contributed by atoms with E-state index in [-0.39, 0.29) is 0 Å². The molecule has 0 aliphatic heterocycles. The van der Waals surface area contributed by atoms with Crippen molar-refractivity contribution in [3.05, 3.63) is 140 Å². The number of benzene rings is 4. The maximum absolute atomic E-state index is 14.0. The van der Waals surface area contributed by atoms with Crippen LogP contribution in [0.25, 0.3) is 0 Å². The minimum absolute atomic E-state index is 0.374. The van der Waals surface area contributed by atoms with Crippen molar-refractivity contribution < 1.29 is 31.4 Å². The minimum Gasteiger partial charge on any atom is -0.384 e. The highest BCUT2D eigenvalue weighted by Crippen LogP contribution is 2.56. The monoisotopic (exact) mass is 600 g/mol. The van der Waals surface area contributed by atoms with Crippen molar-refractivity contribution in [3.63, 3.8) is 0 Å². The van der Waals surface area contributed by atoms with Gasteiger partial charge in [0.05, 0.1) is 0 Å². The van der Waals surface area contributed by atoms with Crippen molar-refractivity contribution in [3.8, 4) is 0 Å². The van der Waals surface area contributed by atoms with Gasteiger partial charge in [-0.25, -0.2) is 0 Å². The van der Waals surface area contributed by atoms with Gasteiger partial charge in [-0.05, 0) is 122 Å². The van der Waals surface area contributed by atoms with E-state index in [1.54, 1.807) is 13.8 Å². The molecule has 4 rings (SSSR count). The summed E-state index contributed by atoms with van der Waals surface area (Å²) in [6, 6.07) is 18.6. The molecule has 0 fully saturated rings. The molecule has 4 aromatic rings. The molecule has 0 spiro atoms. The van der Waals surface area contributed by atoms with Gasteiger partial charge in [-0.1, -0.05) is 72.8 Å². The zero-order valence-corrected chi connectivity index (χ0v) is 25.7. The Hall–Kier alpha value is -3.58. The van der Waals surface area contributed by atoms with Gasteiger partial charge in [0.15, 0.2) is 0 Å². The molecular weight excluding hydrogens is 562 g/mol. The smallest absolute Gasteiger partial charge is 0.384 e. The van der Waals surface area contributed by atoms with Crippen LogP contribution in [0.4, 0.5) is 26.3 Å². The summed E-state index contributed by atoms with van der Waals surface area (Å²) in [5.41, 5.74) is 3.16. The maximum Gasteiger partial charge on any atom is 0.411 e. The number of rotatable bonds is 4. The van der Waals surface area contributed by atoms with Gasteiger partial charge in [0.1, 0.15) is 6.10 Å². The Morgan fingerprint density at radius 3 is 0.953 bits per heavy atom. The molecule has 0 atom stereocenters. The highest BCUT2D eigenvalue weighted by atomic mass is 19.4. The summed E-state index contributed by atoms with van der Waals surface area (Å²) in [5, 5.41) is 10.4. The van der Waals surface area contributed by atoms with Crippen LogP contribution in [0.2, 0.25) is 0 Å². The highest BCUT2D eigenvalue weighted by molar-refractivity contribution is 5.48. The third kappa shape index (κ3) is 6.82. The molecule has 0 bridgehead atoms. The van der Waals surface area contributed by atoms with Gasteiger partial charge in [0, 0.05) is 0 Å². The molecule has 0 saturated carbocycles. The van der Waals surface area contributed by atoms with E-state index in [4.69, 9.17) is 0 Å². The van der Waals surface area contributed by atoms with Gasteiger partial charge < -0.3 is 5.11 Å². The Kier molecular flexibility index (Phi) is 9.91. The van der Waals surface area contributed by atoms with Crippen LogP contribution in [0.5, 0.6) is 0 Å². The summed E-state index contributed by atoms with van der Waals surface area (Å²) in [7, 11) is 0. The number of halogens is 6. The van der Waals surface area contributed by atoms with Crippen LogP contribution in [-0.4, -0.2) is 17.5 Å².